The Morgan fingerprint density at radius 3 is 2.89 bits per heavy atom. The quantitative estimate of drug-likeness (QED) is 0.578. The van der Waals surface area contributed by atoms with Gasteiger partial charge in [0.2, 0.25) is 0 Å². The molecule has 0 aliphatic carbocycles. The molecule has 3 aromatic rings. The van der Waals surface area contributed by atoms with Crippen molar-refractivity contribution in [2.24, 2.45) is 0 Å². The van der Waals surface area contributed by atoms with Crippen LogP contribution in [-0.4, -0.2) is 75.0 Å². The van der Waals surface area contributed by atoms with Crippen molar-refractivity contribution >= 4 is 16.8 Å². The van der Waals surface area contributed by atoms with Crippen LogP contribution >= 0.6 is 0 Å². The van der Waals surface area contributed by atoms with E-state index in [9.17, 15) is 4.79 Å². The van der Waals surface area contributed by atoms with E-state index in [0.29, 0.717) is 18.8 Å². The Kier molecular flexibility index (Phi) is 5.93. The number of amides is 1. The molecule has 1 fully saturated rings. The third kappa shape index (κ3) is 4.55. The molecule has 0 spiro atoms. The highest BCUT2D eigenvalue weighted by Gasteiger charge is 2.13. The first-order chi connectivity index (χ1) is 13.8. The van der Waals surface area contributed by atoms with Gasteiger partial charge in [-0.3, -0.25) is 19.1 Å². The number of carbonyl (C=O) groups excluding carboxylic acids is 1. The largest absolute Gasteiger partial charge is 0.379 e. The van der Waals surface area contributed by atoms with Crippen LogP contribution in [0.3, 0.4) is 0 Å². The second-order valence-electron chi connectivity index (χ2n) is 6.86. The number of carbonyl (C=O) groups is 1. The maximum atomic E-state index is 12.3. The van der Waals surface area contributed by atoms with Gasteiger partial charge in [-0.15, -0.1) is 5.10 Å². The molecule has 0 unspecified atom stereocenters. The lowest BCUT2D eigenvalue weighted by Gasteiger charge is -2.26. The highest BCUT2D eigenvalue weighted by molar-refractivity contribution is 5.91. The number of hydrogen-bond donors (Lipinski definition) is 1. The molecule has 1 saturated heterocycles. The molecule has 0 radical (unpaired) electrons. The monoisotopic (exact) mass is 383 g/mol. The Balaban J connectivity index is 1.20. The third-order valence-corrected chi connectivity index (χ3v) is 4.90. The lowest BCUT2D eigenvalue weighted by Crippen LogP contribution is -2.38. The maximum Gasteiger partial charge on any atom is 0.273 e. The Hall–Kier alpha value is -2.78. The van der Waals surface area contributed by atoms with Crippen LogP contribution in [0.15, 0.2) is 36.7 Å². The second-order valence-corrected chi connectivity index (χ2v) is 6.86. The van der Waals surface area contributed by atoms with Crippen molar-refractivity contribution in [1.29, 1.82) is 0 Å². The van der Waals surface area contributed by atoms with Crippen LogP contribution in [-0.2, 0) is 17.8 Å². The summed E-state index contributed by atoms with van der Waals surface area (Å²) < 4.78 is 9.03. The fourth-order valence-electron chi connectivity index (χ4n) is 3.31. The van der Waals surface area contributed by atoms with Gasteiger partial charge in [0, 0.05) is 38.1 Å². The summed E-state index contributed by atoms with van der Waals surface area (Å²) >= 11 is 0. The van der Waals surface area contributed by atoms with E-state index in [2.05, 4.69) is 31.7 Å². The number of hydrogen-bond acceptors (Lipinski definition) is 6. The standard InChI is InChI=1S/C19H25N7O2/c27-19(17-15-25(23-22-17)9-8-24-10-12-28-13-11-24)20-6-3-7-26-18-5-2-1-4-16(18)14-21-26/h1-2,4-5,14-15H,3,6-13H2,(H,20,27). The predicted octanol–water partition coefficient (Wildman–Crippen LogP) is 0.780. The molecule has 1 aliphatic heterocycles. The van der Waals surface area contributed by atoms with Crippen molar-refractivity contribution in [3.63, 3.8) is 0 Å². The predicted molar refractivity (Wildman–Crippen MR) is 104 cm³/mol. The number of morpholine rings is 1. The summed E-state index contributed by atoms with van der Waals surface area (Å²) in [7, 11) is 0. The average molecular weight is 383 g/mol. The zero-order valence-corrected chi connectivity index (χ0v) is 15.8. The number of benzene rings is 1. The summed E-state index contributed by atoms with van der Waals surface area (Å²) in [5.74, 6) is -0.192. The first kappa shape index (κ1) is 18.6. The topological polar surface area (TPSA) is 90.1 Å². The molecule has 1 N–H and O–H groups in total. The molecule has 1 amide bonds. The maximum absolute atomic E-state index is 12.3. The normalized spacial score (nSPS) is 15.1. The average Bonchev–Trinajstić information content (AvgIpc) is 3.38. The first-order valence-electron chi connectivity index (χ1n) is 9.68. The molecular formula is C19H25N7O2. The minimum atomic E-state index is -0.192. The van der Waals surface area contributed by atoms with Gasteiger partial charge < -0.3 is 10.1 Å². The van der Waals surface area contributed by atoms with E-state index in [-0.39, 0.29) is 5.91 Å². The van der Waals surface area contributed by atoms with Crippen LogP contribution in [0.4, 0.5) is 0 Å². The van der Waals surface area contributed by atoms with Gasteiger partial charge in [-0.05, 0) is 12.5 Å². The van der Waals surface area contributed by atoms with Gasteiger partial charge in [0.25, 0.3) is 5.91 Å². The molecule has 0 bridgehead atoms. The third-order valence-electron chi connectivity index (χ3n) is 4.90. The summed E-state index contributed by atoms with van der Waals surface area (Å²) in [5.41, 5.74) is 1.46. The van der Waals surface area contributed by atoms with E-state index < -0.39 is 0 Å². The number of nitrogens with zero attached hydrogens (tertiary/aromatic N) is 6. The second kappa shape index (κ2) is 8.94. The van der Waals surface area contributed by atoms with Gasteiger partial charge in [0.15, 0.2) is 5.69 Å². The molecule has 0 atom stereocenters. The Morgan fingerprint density at radius 2 is 2.00 bits per heavy atom. The molecule has 9 heteroatoms. The van der Waals surface area contributed by atoms with Gasteiger partial charge in [0.1, 0.15) is 0 Å². The summed E-state index contributed by atoms with van der Waals surface area (Å²) in [6.07, 6.45) is 4.36. The Labute approximate surface area is 163 Å². The zero-order valence-electron chi connectivity index (χ0n) is 15.8. The lowest BCUT2D eigenvalue weighted by atomic mass is 10.2. The molecule has 28 heavy (non-hydrogen) atoms. The smallest absolute Gasteiger partial charge is 0.273 e. The number of rotatable bonds is 8. The van der Waals surface area contributed by atoms with Crippen LogP contribution < -0.4 is 5.32 Å². The van der Waals surface area contributed by atoms with Gasteiger partial charge >= 0.3 is 0 Å². The van der Waals surface area contributed by atoms with Crippen molar-refractivity contribution in [1.82, 2.24) is 35.0 Å². The van der Waals surface area contributed by atoms with Crippen LogP contribution in [0, 0.1) is 0 Å². The summed E-state index contributed by atoms with van der Waals surface area (Å²) in [6.45, 7) is 6.34. The van der Waals surface area contributed by atoms with Crippen molar-refractivity contribution in [2.45, 2.75) is 19.5 Å². The molecule has 1 aliphatic rings. The number of aromatic nitrogens is 5. The molecule has 2 aromatic heterocycles. The van der Waals surface area contributed by atoms with Crippen LogP contribution in [0.1, 0.15) is 16.9 Å². The number of ether oxygens (including phenoxy) is 1. The summed E-state index contributed by atoms with van der Waals surface area (Å²) in [6, 6.07) is 8.10. The zero-order chi connectivity index (χ0) is 19.2. The van der Waals surface area contributed by atoms with E-state index >= 15 is 0 Å². The van der Waals surface area contributed by atoms with Crippen molar-refractivity contribution in [3.8, 4) is 0 Å². The molecule has 9 nitrogen and oxygen atoms in total. The minimum Gasteiger partial charge on any atom is -0.379 e. The van der Waals surface area contributed by atoms with E-state index in [1.165, 1.54) is 0 Å². The number of para-hydroxylation sites is 1. The van der Waals surface area contributed by atoms with Crippen molar-refractivity contribution < 1.29 is 9.53 Å². The molecule has 1 aromatic carbocycles. The highest BCUT2D eigenvalue weighted by Crippen LogP contribution is 2.12. The molecule has 4 rings (SSSR count). The van der Waals surface area contributed by atoms with Crippen LogP contribution in [0.5, 0.6) is 0 Å². The summed E-state index contributed by atoms with van der Waals surface area (Å²) in [5, 5.41) is 16.5. The fourth-order valence-corrected chi connectivity index (χ4v) is 3.31. The van der Waals surface area contributed by atoms with Gasteiger partial charge in [-0.2, -0.15) is 5.10 Å². The molecule has 3 heterocycles. The fraction of sp³-hybridized carbons (Fsp3) is 0.474. The Bertz CT molecular complexity index is 914. The first-order valence-corrected chi connectivity index (χ1v) is 9.68. The number of fused-ring (bicyclic) bond motifs is 1. The van der Waals surface area contributed by atoms with Crippen LogP contribution in [0.2, 0.25) is 0 Å². The van der Waals surface area contributed by atoms with E-state index in [1.807, 2.05) is 29.1 Å². The van der Waals surface area contributed by atoms with Crippen LogP contribution in [0.25, 0.3) is 10.9 Å². The number of nitrogens with one attached hydrogen (secondary N) is 1. The summed E-state index contributed by atoms with van der Waals surface area (Å²) in [4.78, 5) is 14.6. The van der Waals surface area contributed by atoms with E-state index in [0.717, 1.165) is 56.7 Å². The Morgan fingerprint density at radius 1 is 1.14 bits per heavy atom. The molecule has 148 valence electrons. The molecule has 0 saturated carbocycles. The minimum absolute atomic E-state index is 0.192. The molecular weight excluding hydrogens is 358 g/mol. The highest BCUT2D eigenvalue weighted by atomic mass is 16.5. The SMILES string of the molecule is O=C(NCCCn1ncc2ccccc21)c1cn(CCN2CCOCC2)nn1. The number of aryl methyl sites for hydroxylation is 1. The van der Waals surface area contributed by atoms with E-state index in [1.54, 1.807) is 10.9 Å². The van der Waals surface area contributed by atoms with Gasteiger partial charge in [-0.25, -0.2) is 0 Å². The van der Waals surface area contributed by atoms with E-state index in [4.69, 9.17) is 4.74 Å². The lowest BCUT2D eigenvalue weighted by molar-refractivity contribution is 0.0359. The van der Waals surface area contributed by atoms with Gasteiger partial charge in [-0.1, -0.05) is 23.4 Å². The van der Waals surface area contributed by atoms with Crippen molar-refractivity contribution in [3.05, 3.63) is 42.4 Å². The van der Waals surface area contributed by atoms with Gasteiger partial charge in [0.05, 0.1) is 37.7 Å². The van der Waals surface area contributed by atoms with Crippen molar-refractivity contribution in [2.75, 3.05) is 39.4 Å².